The number of hydrogen-bond donors (Lipinski definition) is 1. The molecule has 24 heavy (non-hydrogen) atoms. The Morgan fingerprint density at radius 2 is 1.96 bits per heavy atom. The Balaban J connectivity index is 1.74. The average Bonchev–Trinajstić information content (AvgIpc) is 2.89. The van der Waals surface area contributed by atoms with Crippen LogP contribution in [-0.4, -0.2) is 60.0 Å². The van der Waals surface area contributed by atoms with Crippen LogP contribution in [-0.2, 0) is 26.0 Å². The third-order valence-electron chi connectivity index (χ3n) is 4.62. The first kappa shape index (κ1) is 16.9. The number of carboxylic acid groups (broad SMARTS) is 1. The Kier molecular flexibility index (Phi) is 4.60. The highest BCUT2D eigenvalue weighted by Crippen LogP contribution is 2.30. The number of aliphatic carboxylic acids is 1. The van der Waals surface area contributed by atoms with Crippen LogP contribution >= 0.6 is 0 Å². The lowest BCUT2D eigenvalue weighted by Crippen LogP contribution is -2.44. The number of carboxylic acids is 1. The molecule has 1 unspecified atom stereocenters. The summed E-state index contributed by atoms with van der Waals surface area (Å²) in [6.07, 6.45) is 1.18. The predicted octanol–water partition coefficient (Wildman–Crippen LogP) is 0.623. The zero-order chi connectivity index (χ0) is 17.3. The van der Waals surface area contributed by atoms with Crippen LogP contribution in [0, 0.1) is 0 Å². The van der Waals surface area contributed by atoms with Crippen LogP contribution in [0.25, 0.3) is 0 Å². The van der Waals surface area contributed by atoms with Crippen LogP contribution in [0.1, 0.15) is 30.0 Å². The van der Waals surface area contributed by atoms with Crippen molar-refractivity contribution in [2.45, 2.75) is 25.3 Å². The van der Waals surface area contributed by atoms with Gasteiger partial charge in [-0.15, -0.1) is 0 Å². The monoisotopic (exact) mass is 352 g/mol. The van der Waals surface area contributed by atoms with Gasteiger partial charge in [-0.1, -0.05) is 24.3 Å². The molecule has 0 spiro atoms. The number of nitrogens with zero attached hydrogens (tertiary/aromatic N) is 2. The van der Waals surface area contributed by atoms with Gasteiger partial charge in [0.25, 0.3) is 0 Å². The fourth-order valence-corrected chi connectivity index (χ4v) is 4.94. The van der Waals surface area contributed by atoms with E-state index in [-0.39, 0.29) is 24.6 Å². The number of amides is 1. The molecule has 2 aliphatic rings. The van der Waals surface area contributed by atoms with Gasteiger partial charge in [-0.05, 0) is 24.0 Å². The fourth-order valence-electron chi connectivity index (χ4n) is 3.41. The molecule has 1 N–H and O–H groups in total. The molecule has 8 heteroatoms. The zero-order valence-electron chi connectivity index (χ0n) is 13.2. The lowest BCUT2D eigenvalue weighted by Gasteiger charge is -2.35. The summed E-state index contributed by atoms with van der Waals surface area (Å²) in [5, 5.41) is 9.57. The zero-order valence-corrected chi connectivity index (χ0v) is 14.0. The van der Waals surface area contributed by atoms with Crippen molar-refractivity contribution in [3.8, 4) is 0 Å². The minimum Gasteiger partial charge on any atom is -0.479 e. The van der Waals surface area contributed by atoms with Gasteiger partial charge in [0.15, 0.2) is 6.04 Å². The van der Waals surface area contributed by atoms with Crippen molar-refractivity contribution in [1.29, 1.82) is 0 Å². The summed E-state index contributed by atoms with van der Waals surface area (Å²) in [4.78, 5) is 25.6. The second kappa shape index (κ2) is 6.52. The summed E-state index contributed by atoms with van der Waals surface area (Å²) in [6.45, 7) is 0.881. The maximum Gasteiger partial charge on any atom is 0.331 e. The smallest absolute Gasteiger partial charge is 0.331 e. The Morgan fingerprint density at radius 3 is 2.62 bits per heavy atom. The summed E-state index contributed by atoms with van der Waals surface area (Å²) >= 11 is 0. The topological polar surface area (TPSA) is 95.0 Å². The van der Waals surface area contributed by atoms with Crippen LogP contribution in [0.2, 0.25) is 0 Å². The average molecular weight is 352 g/mol. The van der Waals surface area contributed by atoms with E-state index in [0.29, 0.717) is 31.5 Å². The summed E-state index contributed by atoms with van der Waals surface area (Å²) in [6, 6.07) is 6.23. The first-order chi connectivity index (χ1) is 11.4. The summed E-state index contributed by atoms with van der Waals surface area (Å²) in [5.74, 6) is -1.26. The molecule has 3 rings (SSSR count). The molecule has 0 aromatic heterocycles. The van der Waals surface area contributed by atoms with E-state index in [2.05, 4.69) is 0 Å². The van der Waals surface area contributed by atoms with Gasteiger partial charge in [0.05, 0.1) is 5.75 Å². The molecule has 2 aliphatic heterocycles. The lowest BCUT2D eigenvalue weighted by atomic mass is 9.92. The molecule has 0 bridgehead atoms. The van der Waals surface area contributed by atoms with Gasteiger partial charge >= 0.3 is 5.97 Å². The minimum atomic E-state index is -3.25. The van der Waals surface area contributed by atoms with E-state index < -0.39 is 22.0 Å². The molecule has 1 aromatic rings. The number of carbonyl (C=O) groups excluding carboxylic acids is 1. The van der Waals surface area contributed by atoms with Crippen molar-refractivity contribution in [2.24, 2.45) is 0 Å². The van der Waals surface area contributed by atoms with Crippen LogP contribution in [0.15, 0.2) is 24.3 Å². The van der Waals surface area contributed by atoms with E-state index in [0.717, 1.165) is 5.56 Å². The van der Waals surface area contributed by atoms with Gasteiger partial charge in [0, 0.05) is 26.1 Å². The highest BCUT2D eigenvalue weighted by Gasteiger charge is 2.36. The van der Waals surface area contributed by atoms with Crippen molar-refractivity contribution < 1.29 is 23.1 Å². The van der Waals surface area contributed by atoms with Gasteiger partial charge in [0.1, 0.15) is 0 Å². The summed E-state index contributed by atoms with van der Waals surface area (Å²) in [7, 11) is -3.25. The normalized spacial score (nSPS) is 23.0. The van der Waals surface area contributed by atoms with Gasteiger partial charge < -0.3 is 10.0 Å². The third kappa shape index (κ3) is 3.16. The Bertz CT molecular complexity index is 761. The molecule has 1 saturated heterocycles. The van der Waals surface area contributed by atoms with E-state index in [1.165, 1.54) is 9.21 Å². The number of rotatable bonds is 4. The van der Waals surface area contributed by atoms with E-state index >= 15 is 0 Å². The summed E-state index contributed by atoms with van der Waals surface area (Å²) < 4.78 is 24.9. The predicted molar refractivity (Wildman–Crippen MR) is 86.8 cm³/mol. The minimum absolute atomic E-state index is 0.00514. The Labute approximate surface area is 140 Å². The highest BCUT2D eigenvalue weighted by molar-refractivity contribution is 7.89. The van der Waals surface area contributed by atoms with Crippen molar-refractivity contribution in [3.63, 3.8) is 0 Å². The molecule has 0 saturated carbocycles. The van der Waals surface area contributed by atoms with Gasteiger partial charge in [-0.3, -0.25) is 4.79 Å². The molecule has 1 amide bonds. The van der Waals surface area contributed by atoms with Crippen molar-refractivity contribution in [1.82, 2.24) is 9.21 Å². The molecule has 1 aromatic carbocycles. The number of benzene rings is 1. The number of hydrogen-bond acceptors (Lipinski definition) is 4. The molecule has 1 atom stereocenters. The second-order valence-electron chi connectivity index (χ2n) is 6.10. The number of fused-ring (bicyclic) bond motifs is 1. The van der Waals surface area contributed by atoms with Gasteiger partial charge in [-0.25, -0.2) is 17.5 Å². The van der Waals surface area contributed by atoms with Gasteiger partial charge in [-0.2, -0.15) is 0 Å². The summed E-state index contributed by atoms with van der Waals surface area (Å²) in [5.41, 5.74) is 1.58. The van der Waals surface area contributed by atoms with Crippen molar-refractivity contribution in [3.05, 3.63) is 35.4 Å². The number of sulfonamides is 1. The second-order valence-corrected chi connectivity index (χ2v) is 8.18. The SMILES string of the molecule is O=C(O)C1c2ccccc2CCN1C(=O)CCN1CCCS1(=O)=O. The molecule has 1 fully saturated rings. The third-order valence-corrected chi connectivity index (χ3v) is 6.57. The highest BCUT2D eigenvalue weighted by atomic mass is 32.2. The first-order valence-corrected chi connectivity index (χ1v) is 9.59. The van der Waals surface area contributed by atoms with Crippen LogP contribution in [0.4, 0.5) is 0 Å². The van der Waals surface area contributed by atoms with E-state index in [1.54, 1.807) is 12.1 Å². The molecule has 0 aliphatic carbocycles. The molecule has 130 valence electrons. The Morgan fingerprint density at radius 1 is 1.21 bits per heavy atom. The van der Waals surface area contributed by atoms with Crippen LogP contribution in [0.5, 0.6) is 0 Å². The maximum atomic E-state index is 12.5. The Hall–Kier alpha value is -1.93. The standard InChI is InChI=1S/C16H20N2O5S/c19-14(7-9-17-8-3-11-24(17,22)23)18-10-6-12-4-1-2-5-13(12)15(18)16(20)21/h1-2,4-5,15H,3,6-11H2,(H,20,21). The van der Waals surface area contributed by atoms with Crippen LogP contribution in [0.3, 0.4) is 0 Å². The first-order valence-electron chi connectivity index (χ1n) is 7.98. The molecule has 7 nitrogen and oxygen atoms in total. The largest absolute Gasteiger partial charge is 0.479 e. The van der Waals surface area contributed by atoms with Crippen LogP contribution < -0.4 is 0 Å². The van der Waals surface area contributed by atoms with E-state index in [9.17, 15) is 23.1 Å². The lowest BCUT2D eigenvalue weighted by molar-refractivity contribution is -0.151. The molecule has 2 heterocycles. The van der Waals surface area contributed by atoms with Crippen molar-refractivity contribution in [2.75, 3.05) is 25.4 Å². The fraction of sp³-hybridized carbons (Fsp3) is 0.500. The molecular formula is C16H20N2O5S. The number of carbonyl (C=O) groups is 2. The quantitative estimate of drug-likeness (QED) is 0.857. The van der Waals surface area contributed by atoms with Crippen molar-refractivity contribution >= 4 is 21.9 Å². The van der Waals surface area contributed by atoms with Gasteiger partial charge in [0.2, 0.25) is 15.9 Å². The van der Waals surface area contributed by atoms with E-state index in [4.69, 9.17) is 0 Å². The molecule has 0 radical (unpaired) electrons. The van der Waals surface area contributed by atoms with E-state index in [1.807, 2.05) is 12.1 Å². The molecular weight excluding hydrogens is 332 g/mol. The maximum absolute atomic E-state index is 12.5.